The lowest BCUT2D eigenvalue weighted by atomic mass is 9.87. The average molecular weight is 491 g/mol. The molecule has 5 aromatic rings. The van der Waals surface area contributed by atoms with Gasteiger partial charge < -0.3 is 9.67 Å². The highest BCUT2D eigenvalue weighted by molar-refractivity contribution is 5.78. The number of benzene rings is 1. The Bertz CT molecular complexity index is 1600. The summed E-state index contributed by atoms with van der Waals surface area (Å²) in [6.07, 6.45) is 6.09. The molecule has 1 aromatic carbocycles. The van der Waals surface area contributed by atoms with E-state index >= 15 is 0 Å². The summed E-state index contributed by atoms with van der Waals surface area (Å²) >= 11 is 0. The van der Waals surface area contributed by atoms with E-state index in [1.54, 1.807) is 26.2 Å². The van der Waals surface area contributed by atoms with Crippen LogP contribution in [0.4, 0.5) is 8.78 Å². The molecule has 0 spiro atoms. The van der Waals surface area contributed by atoms with Crippen LogP contribution in [0.1, 0.15) is 37.4 Å². The monoisotopic (exact) mass is 490 g/mol. The van der Waals surface area contributed by atoms with Gasteiger partial charge in [0.05, 0.1) is 28.5 Å². The molecule has 4 heterocycles. The topological polar surface area (TPSA) is 98.7 Å². The number of carbonyl (C=O) groups is 1. The predicted molar refractivity (Wildman–Crippen MR) is 130 cm³/mol. The molecule has 36 heavy (non-hydrogen) atoms. The number of aromatic nitrogens is 6. The van der Waals surface area contributed by atoms with Crippen molar-refractivity contribution in [1.82, 2.24) is 29.1 Å². The quantitative estimate of drug-likeness (QED) is 0.350. The van der Waals surface area contributed by atoms with Gasteiger partial charge in [0.1, 0.15) is 23.0 Å². The first-order valence-electron chi connectivity index (χ1n) is 11.5. The van der Waals surface area contributed by atoms with E-state index < -0.39 is 23.0 Å². The van der Waals surface area contributed by atoms with E-state index in [1.807, 2.05) is 34.4 Å². The number of aryl methyl sites for hydroxylation is 2. The van der Waals surface area contributed by atoms with Crippen molar-refractivity contribution in [3.63, 3.8) is 0 Å². The number of halogens is 2. The van der Waals surface area contributed by atoms with Crippen molar-refractivity contribution in [3.8, 4) is 5.69 Å². The summed E-state index contributed by atoms with van der Waals surface area (Å²) in [6.45, 7) is 5.43. The van der Waals surface area contributed by atoms with Crippen molar-refractivity contribution in [1.29, 1.82) is 0 Å². The van der Waals surface area contributed by atoms with Crippen molar-refractivity contribution >= 4 is 28.3 Å². The van der Waals surface area contributed by atoms with Crippen LogP contribution in [0.5, 0.6) is 0 Å². The molecular formula is C26H24F2N6O2. The van der Waals surface area contributed by atoms with Crippen molar-refractivity contribution in [3.05, 3.63) is 77.6 Å². The number of nitrogens with zero attached hydrogens (tertiary/aromatic N) is 6. The van der Waals surface area contributed by atoms with Gasteiger partial charge in [-0.25, -0.2) is 23.7 Å². The Morgan fingerprint density at radius 1 is 1.06 bits per heavy atom. The van der Waals surface area contributed by atoms with E-state index in [1.165, 1.54) is 12.1 Å². The maximum absolute atomic E-state index is 13.7. The molecule has 0 saturated heterocycles. The van der Waals surface area contributed by atoms with Crippen LogP contribution in [-0.2, 0) is 17.8 Å². The molecule has 0 atom stereocenters. The number of carboxylic acid groups (broad SMARTS) is 1. The molecule has 0 aliphatic rings. The van der Waals surface area contributed by atoms with Gasteiger partial charge in [-0.1, -0.05) is 0 Å². The van der Waals surface area contributed by atoms with E-state index in [4.69, 9.17) is 4.98 Å². The second kappa shape index (κ2) is 8.78. The summed E-state index contributed by atoms with van der Waals surface area (Å²) in [5.41, 5.74) is 3.57. The molecule has 8 nitrogen and oxygen atoms in total. The fourth-order valence-corrected chi connectivity index (χ4v) is 4.14. The first kappa shape index (κ1) is 23.5. The van der Waals surface area contributed by atoms with Crippen molar-refractivity contribution in [2.24, 2.45) is 5.41 Å². The SMILES string of the molecule is Cc1nc2ncc(-n3ccc4ncc(CCC(C)(C)C(=O)O)nc43)cc2n1Cc1cc(F)cc(F)c1. The molecule has 0 unspecified atom stereocenters. The highest BCUT2D eigenvalue weighted by Gasteiger charge is 2.27. The number of pyridine rings is 1. The maximum atomic E-state index is 13.7. The van der Waals surface area contributed by atoms with Crippen LogP contribution in [-0.4, -0.2) is 40.1 Å². The first-order chi connectivity index (χ1) is 17.1. The van der Waals surface area contributed by atoms with E-state index in [2.05, 4.69) is 15.0 Å². The summed E-state index contributed by atoms with van der Waals surface area (Å²) in [4.78, 5) is 29.7. The smallest absolute Gasteiger partial charge is 0.309 e. The Morgan fingerprint density at radius 2 is 1.81 bits per heavy atom. The zero-order valence-electron chi connectivity index (χ0n) is 20.0. The largest absolute Gasteiger partial charge is 0.481 e. The number of aliphatic carboxylic acids is 1. The highest BCUT2D eigenvalue weighted by atomic mass is 19.1. The zero-order chi connectivity index (χ0) is 25.6. The van der Waals surface area contributed by atoms with Crippen molar-refractivity contribution in [2.75, 3.05) is 0 Å². The molecule has 0 saturated carbocycles. The third-order valence-corrected chi connectivity index (χ3v) is 6.35. The Hall–Kier alpha value is -4.21. The lowest BCUT2D eigenvalue weighted by Crippen LogP contribution is -2.24. The van der Waals surface area contributed by atoms with Crippen LogP contribution in [0.2, 0.25) is 0 Å². The highest BCUT2D eigenvalue weighted by Crippen LogP contribution is 2.25. The Balaban J connectivity index is 1.52. The zero-order valence-corrected chi connectivity index (χ0v) is 20.0. The summed E-state index contributed by atoms with van der Waals surface area (Å²) in [5, 5.41) is 9.39. The second-order valence-corrected chi connectivity index (χ2v) is 9.50. The van der Waals surface area contributed by atoms with Crippen LogP contribution < -0.4 is 0 Å². The summed E-state index contributed by atoms with van der Waals surface area (Å²) in [6, 6.07) is 7.19. The van der Waals surface area contributed by atoms with E-state index in [0.29, 0.717) is 52.3 Å². The normalized spacial score (nSPS) is 12.0. The fraction of sp³-hybridized carbons (Fsp3) is 0.269. The average Bonchev–Trinajstić information content (AvgIpc) is 3.37. The number of rotatable bonds is 7. The van der Waals surface area contributed by atoms with Crippen molar-refractivity contribution in [2.45, 2.75) is 40.2 Å². The summed E-state index contributed by atoms with van der Waals surface area (Å²) < 4.78 is 31.2. The van der Waals surface area contributed by atoms with Gasteiger partial charge >= 0.3 is 5.97 Å². The second-order valence-electron chi connectivity index (χ2n) is 9.50. The molecule has 0 bridgehead atoms. The van der Waals surface area contributed by atoms with Crippen LogP contribution in [0.15, 0.2) is 48.9 Å². The van der Waals surface area contributed by atoms with Gasteiger partial charge in [0.15, 0.2) is 11.3 Å². The fourth-order valence-electron chi connectivity index (χ4n) is 4.14. The van der Waals surface area contributed by atoms with E-state index in [9.17, 15) is 18.7 Å². The molecule has 184 valence electrons. The van der Waals surface area contributed by atoms with Crippen LogP contribution in [0.25, 0.3) is 28.0 Å². The van der Waals surface area contributed by atoms with Gasteiger partial charge in [-0.05, 0) is 63.4 Å². The molecule has 5 rings (SSSR count). The molecule has 1 N–H and O–H groups in total. The third kappa shape index (κ3) is 4.41. The summed E-state index contributed by atoms with van der Waals surface area (Å²) in [5.74, 6) is -1.45. The van der Waals surface area contributed by atoms with Gasteiger partial charge in [0.2, 0.25) is 0 Å². The predicted octanol–water partition coefficient (Wildman–Crippen LogP) is 4.84. The van der Waals surface area contributed by atoms with Crippen molar-refractivity contribution < 1.29 is 18.7 Å². The molecule has 0 fully saturated rings. The minimum atomic E-state index is -0.867. The third-order valence-electron chi connectivity index (χ3n) is 6.35. The van der Waals surface area contributed by atoms with Gasteiger partial charge in [-0.2, -0.15) is 0 Å². The lowest BCUT2D eigenvalue weighted by molar-refractivity contribution is -0.147. The number of hydrogen-bond donors (Lipinski definition) is 1. The Labute approximate surface area is 205 Å². The molecule has 0 aliphatic heterocycles. The number of imidazole rings is 1. The lowest BCUT2D eigenvalue weighted by Gasteiger charge is -2.18. The first-order valence-corrected chi connectivity index (χ1v) is 11.5. The van der Waals surface area contributed by atoms with E-state index in [0.717, 1.165) is 11.8 Å². The number of hydrogen-bond acceptors (Lipinski definition) is 5. The number of carboxylic acids is 1. The van der Waals surface area contributed by atoms with Gasteiger partial charge in [-0.15, -0.1) is 0 Å². The molecule has 0 aliphatic carbocycles. The molecule has 10 heteroatoms. The standard InChI is InChI=1S/C26H24F2N6O2/c1-15-31-23-22(34(15)14-16-8-17(27)10-18(28)9-16)11-20(13-30-23)33-7-5-21-24(33)32-19(12-29-21)4-6-26(2,3)25(35)36/h5,7-13H,4,6,14H2,1-3H3,(H,35,36). The number of fused-ring (bicyclic) bond motifs is 2. The summed E-state index contributed by atoms with van der Waals surface area (Å²) in [7, 11) is 0. The van der Waals surface area contributed by atoms with Crippen LogP contribution in [0, 0.1) is 24.0 Å². The maximum Gasteiger partial charge on any atom is 0.309 e. The molecule has 4 aromatic heterocycles. The van der Waals surface area contributed by atoms with Crippen LogP contribution in [0.3, 0.4) is 0 Å². The van der Waals surface area contributed by atoms with Gasteiger partial charge in [0, 0.05) is 25.0 Å². The Morgan fingerprint density at radius 3 is 2.53 bits per heavy atom. The Kier molecular flexibility index (Phi) is 5.74. The molecule has 0 amide bonds. The molecular weight excluding hydrogens is 466 g/mol. The van der Waals surface area contributed by atoms with E-state index in [-0.39, 0.29) is 6.54 Å². The molecule has 0 radical (unpaired) electrons. The van der Waals surface area contributed by atoms with Gasteiger partial charge in [-0.3, -0.25) is 14.3 Å². The minimum Gasteiger partial charge on any atom is -0.481 e. The van der Waals surface area contributed by atoms with Crippen LogP contribution >= 0.6 is 0 Å². The minimum absolute atomic E-state index is 0.234. The van der Waals surface area contributed by atoms with Gasteiger partial charge in [0.25, 0.3) is 0 Å².